The van der Waals surface area contributed by atoms with E-state index in [2.05, 4.69) is 25.3 Å². The number of aliphatic hydroxyl groups is 1. The molecule has 11 heteroatoms. The highest BCUT2D eigenvalue weighted by atomic mass is 16.3. The number of carbonyl (C=O) groups excluding carboxylic acids is 1. The van der Waals surface area contributed by atoms with Gasteiger partial charge in [-0.1, -0.05) is 36.4 Å². The van der Waals surface area contributed by atoms with Crippen LogP contribution in [0, 0.1) is 0 Å². The quantitative estimate of drug-likeness (QED) is 0.319. The van der Waals surface area contributed by atoms with Gasteiger partial charge in [-0.3, -0.25) is 9.78 Å². The largest absolute Gasteiger partial charge is 0.391 e. The minimum Gasteiger partial charge on any atom is -0.391 e. The van der Waals surface area contributed by atoms with Crippen molar-refractivity contribution < 1.29 is 9.90 Å². The SMILES string of the molecule is Nc1c(CO)c([C@H]2C[C@H]3CC[C@@H](C2)N3C(=O)c2nnc[nH]2)nc2c(-c3ccc(-c4ccccc4)nc3)cnn12. The Kier molecular flexibility index (Phi) is 5.58. The van der Waals surface area contributed by atoms with E-state index in [1.807, 2.05) is 53.6 Å². The van der Waals surface area contributed by atoms with Gasteiger partial charge in [-0.15, -0.1) is 10.2 Å². The normalized spacial score (nSPS) is 20.5. The molecule has 1 amide bonds. The number of nitrogens with zero attached hydrogens (tertiary/aromatic N) is 7. The van der Waals surface area contributed by atoms with Gasteiger partial charge in [0.1, 0.15) is 12.1 Å². The molecule has 39 heavy (non-hydrogen) atoms. The minimum absolute atomic E-state index is 0.0528. The lowest BCUT2D eigenvalue weighted by molar-refractivity contribution is 0.0556. The molecular formula is C28H27N9O2. The third kappa shape index (κ3) is 3.85. The Morgan fingerprint density at radius 2 is 1.85 bits per heavy atom. The Bertz CT molecular complexity index is 1630. The number of rotatable bonds is 5. The lowest BCUT2D eigenvalue weighted by Gasteiger charge is -2.38. The Balaban J connectivity index is 1.24. The molecule has 3 atom stereocenters. The van der Waals surface area contributed by atoms with Crippen LogP contribution in [0.3, 0.4) is 0 Å². The molecule has 4 N–H and O–H groups in total. The number of hydrogen-bond acceptors (Lipinski definition) is 8. The van der Waals surface area contributed by atoms with Gasteiger partial charge in [0.25, 0.3) is 5.91 Å². The number of aromatic amines is 1. The zero-order chi connectivity index (χ0) is 26.5. The monoisotopic (exact) mass is 521 g/mol. The second kappa shape index (κ2) is 9.28. The maximum atomic E-state index is 13.1. The number of fused-ring (bicyclic) bond motifs is 3. The fourth-order valence-electron chi connectivity index (χ4n) is 6.27. The Labute approximate surface area is 223 Å². The van der Waals surface area contributed by atoms with Crippen molar-refractivity contribution in [3.05, 3.63) is 78.3 Å². The average Bonchev–Trinajstić information content (AvgIpc) is 3.72. The second-order valence-corrected chi connectivity index (χ2v) is 10.2. The molecule has 0 spiro atoms. The first-order valence-corrected chi connectivity index (χ1v) is 13.1. The molecule has 196 valence electrons. The number of anilines is 1. The van der Waals surface area contributed by atoms with Crippen molar-refractivity contribution in [3.63, 3.8) is 0 Å². The summed E-state index contributed by atoms with van der Waals surface area (Å²) in [7, 11) is 0. The summed E-state index contributed by atoms with van der Waals surface area (Å²) in [4.78, 5) is 27.6. The highest BCUT2D eigenvalue weighted by Crippen LogP contribution is 2.45. The number of pyridine rings is 1. The fraction of sp³-hybridized carbons (Fsp3) is 0.286. The molecule has 2 aliphatic heterocycles. The van der Waals surface area contributed by atoms with Crippen LogP contribution in [0.5, 0.6) is 0 Å². The van der Waals surface area contributed by atoms with Crippen molar-refractivity contribution in [2.75, 3.05) is 5.73 Å². The highest BCUT2D eigenvalue weighted by molar-refractivity contribution is 5.91. The van der Waals surface area contributed by atoms with Gasteiger partial charge >= 0.3 is 0 Å². The standard InChI is InChI=1S/C28H27N9O2/c29-25-22(14-38)24(18-10-19-7-8-20(11-18)36(19)28(39)26-31-15-32-35-26)34-27-21(13-33-37(25)27)17-6-9-23(30-12-17)16-4-2-1-3-5-16/h1-6,9,12-13,15,18-20,38H,7-8,10-11,14,29H2,(H,31,32,35)/t18-,19+,20-. The molecule has 0 saturated carbocycles. The number of amides is 1. The fourth-order valence-corrected chi connectivity index (χ4v) is 6.27. The number of carbonyl (C=O) groups is 1. The molecule has 7 rings (SSSR count). The summed E-state index contributed by atoms with van der Waals surface area (Å²) in [6, 6.07) is 14.1. The van der Waals surface area contributed by atoms with Crippen molar-refractivity contribution in [1.82, 2.24) is 39.7 Å². The van der Waals surface area contributed by atoms with Gasteiger partial charge in [0.15, 0.2) is 5.65 Å². The van der Waals surface area contributed by atoms with Crippen LogP contribution in [-0.2, 0) is 6.61 Å². The van der Waals surface area contributed by atoms with Crippen LogP contribution >= 0.6 is 0 Å². The molecule has 11 nitrogen and oxygen atoms in total. The van der Waals surface area contributed by atoms with E-state index in [4.69, 9.17) is 10.7 Å². The predicted molar refractivity (Wildman–Crippen MR) is 143 cm³/mol. The Morgan fingerprint density at radius 3 is 2.51 bits per heavy atom. The maximum absolute atomic E-state index is 13.1. The summed E-state index contributed by atoms with van der Waals surface area (Å²) in [5.41, 5.74) is 12.2. The lowest BCUT2D eigenvalue weighted by atomic mass is 9.86. The van der Waals surface area contributed by atoms with E-state index in [1.54, 1.807) is 10.7 Å². The van der Waals surface area contributed by atoms with E-state index >= 15 is 0 Å². The van der Waals surface area contributed by atoms with Gasteiger partial charge in [-0.05, 0) is 31.7 Å². The number of nitrogens with two attached hydrogens (primary N) is 1. The van der Waals surface area contributed by atoms with Crippen LogP contribution < -0.4 is 5.73 Å². The van der Waals surface area contributed by atoms with Crippen LogP contribution in [-0.4, -0.2) is 62.8 Å². The van der Waals surface area contributed by atoms with Crippen molar-refractivity contribution in [2.45, 2.75) is 50.3 Å². The van der Waals surface area contributed by atoms with E-state index in [-0.39, 0.29) is 36.3 Å². The van der Waals surface area contributed by atoms with E-state index in [1.165, 1.54) is 6.33 Å². The van der Waals surface area contributed by atoms with Crippen LogP contribution in [0.2, 0.25) is 0 Å². The van der Waals surface area contributed by atoms with E-state index in [0.717, 1.165) is 53.8 Å². The number of piperidine rings is 1. The van der Waals surface area contributed by atoms with Gasteiger partial charge in [0.05, 0.1) is 24.2 Å². The van der Waals surface area contributed by atoms with Crippen LogP contribution in [0.25, 0.3) is 28.0 Å². The molecule has 4 aromatic heterocycles. The highest BCUT2D eigenvalue weighted by Gasteiger charge is 2.45. The summed E-state index contributed by atoms with van der Waals surface area (Å²) in [5.74, 6) is 0.580. The van der Waals surface area contributed by atoms with E-state index in [0.29, 0.717) is 17.0 Å². The summed E-state index contributed by atoms with van der Waals surface area (Å²) < 4.78 is 1.59. The number of nitrogens with one attached hydrogen (secondary N) is 1. The van der Waals surface area contributed by atoms with Crippen molar-refractivity contribution in [1.29, 1.82) is 0 Å². The third-order valence-electron chi connectivity index (χ3n) is 8.09. The topological polar surface area (TPSA) is 151 Å². The van der Waals surface area contributed by atoms with Crippen LogP contribution in [0.15, 0.2) is 61.2 Å². The number of H-pyrrole nitrogens is 1. The van der Waals surface area contributed by atoms with Gasteiger partial charge in [0, 0.05) is 46.5 Å². The number of aliphatic hydroxyl groups excluding tert-OH is 1. The smallest absolute Gasteiger partial charge is 0.292 e. The van der Waals surface area contributed by atoms with Crippen LogP contribution in [0.4, 0.5) is 5.82 Å². The molecule has 2 saturated heterocycles. The third-order valence-corrected chi connectivity index (χ3v) is 8.09. The molecule has 0 radical (unpaired) electrons. The predicted octanol–water partition coefficient (Wildman–Crippen LogP) is 3.20. The zero-order valence-corrected chi connectivity index (χ0v) is 21.1. The maximum Gasteiger partial charge on any atom is 0.292 e. The summed E-state index contributed by atoms with van der Waals surface area (Å²) >= 11 is 0. The molecule has 0 aliphatic carbocycles. The number of benzene rings is 1. The second-order valence-electron chi connectivity index (χ2n) is 10.2. The molecule has 6 heterocycles. The number of hydrogen-bond donors (Lipinski definition) is 3. The first-order chi connectivity index (χ1) is 19.1. The molecule has 1 aromatic carbocycles. The molecule has 0 unspecified atom stereocenters. The lowest BCUT2D eigenvalue weighted by Crippen LogP contribution is -2.46. The van der Waals surface area contributed by atoms with E-state index in [9.17, 15) is 9.90 Å². The van der Waals surface area contributed by atoms with Crippen molar-refractivity contribution in [2.24, 2.45) is 0 Å². The first kappa shape index (κ1) is 23.5. The average molecular weight is 522 g/mol. The molecule has 2 bridgehead atoms. The molecule has 2 fully saturated rings. The number of nitrogen functional groups attached to an aromatic ring is 1. The Morgan fingerprint density at radius 1 is 1.05 bits per heavy atom. The summed E-state index contributed by atoms with van der Waals surface area (Å²) in [6.45, 7) is -0.237. The van der Waals surface area contributed by atoms with Gasteiger partial charge in [0.2, 0.25) is 5.82 Å². The van der Waals surface area contributed by atoms with Gasteiger partial charge in [-0.25, -0.2) is 4.98 Å². The molecule has 2 aliphatic rings. The Hall–Kier alpha value is -4.64. The zero-order valence-electron chi connectivity index (χ0n) is 21.1. The van der Waals surface area contributed by atoms with Crippen molar-refractivity contribution in [3.8, 4) is 22.4 Å². The minimum atomic E-state index is -0.237. The van der Waals surface area contributed by atoms with Crippen molar-refractivity contribution >= 4 is 17.4 Å². The van der Waals surface area contributed by atoms with E-state index < -0.39 is 0 Å². The summed E-state index contributed by atoms with van der Waals surface area (Å²) in [5, 5.41) is 22.5. The number of aromatic nitrogens is 7. The first-order valence-electron chi connectivity index (χ1n) is 13.1. The molecular weight excluding hydrogens is 494 g/mol. The van der Waals surface area contributed by atoms with Crippen LogP contribution in [0.1, 0.15) is 53.5 Å². The molecule has 5 aromatic rings. The van der Waals surface area contributed by atoms with Gasteiger partial charge in [-0.2, -0.15) is 9.61 Å². The van der Waals surface area contributed by atoms with Gasteiger partial charge < -0.3 is 20.7 Å². The summed E-state index contributed by atoms with van der Waals surface area (Å²) in [6.07, 6.45) is 8.31.